The largest absolute Gasteiger partial charge is 0.399 e. The van der Waals surface area contributed by atoms with E-state index in [0.29, 0.717) is 6.04 Å². The van der Waals surface area contributed by atoms with Gasteiger partial charge in [-0.2, -0.15) is 0 Å². The monoisotopic (exact) mass is 260 g/mol. The van der Waals surface area contributed by atoms with Gasteiger partial charge in [0.05, 0.1) is 11.0 Å². The third-order valence-corrected chi connectivity index (χ3v) is 3.54. The van der Waals surface area contributed by atoms with E-state index in [-0.39, 0.29) is 0 Å². The first-order chi connectivity index (χ1) is 9.02. The molecule has 2 rings (SSSR count). The maximum Gasteiger partial charge on any atom is 0.109 e. The predicted molar refractivity (Wildman–Crippen MR) is 81.4 cm³/mol. The molecule has 0 aliphatic carbocycles. The van der Waals surface area contributed by atoms with Gasteiger partial charge in [-0.25, -0.2) is 4.98 Å². The lowest BCUT2D eigenvalue weighted by molar-refractivity contribution is 0.357. The van der Waals surface area contributed by atoms with Gasteiger partial charge in [0.1, 0.15) is 5.82 Å². The maximum absolute atomic E-state index is 5.84. The number of anilines is 1. The molecule has 1 atom stereocenters. The minimum Gasteiger partial charge on any atom is -0.399 e. The first kappa shape index (κ1) is 13.9. The first-order valence-corrected chi connectivity index (χ1v) is 6.94. The van der Waals surface area contributed by atoms with Crippen molar-refractivity contribution in [3.63, 3.8) is 0 Å². The Morgan fingerprint density at radius 1 is 1.37 bits per heavy atom. The van der Waals surface area contributed by atoms with E-state index < -0.39 is 0 Å². The standard InChI is InChI=1S/C15H24N4/c1-5-15-17-13-10-12(16)6-7-14(13)19(15)11(2)8-9-18(3)4/h6-7,10-11H,5,8-9,16H2,1-4H3. The summed E-state index contributed by atoms with van der Waals surface area (Å²) in [5.41, 5.74) is 8.82. The topological polar surface area (TPSA) is 47.1 Å². The molecule has 0 radical (unpaired) electrons. The molecule has 0 bridgehead atoms. The van der Waals surface area contributed by atoms with Crippen molar-refractivity contribution >= 4 is 16.7 Å². The highest BCUT2D eigenvalue weighted by molar-refractivity contribution is 5.79. The number of aromatic nitrogens is 2. The predicted octanol–water partition coefficient (Wildman–Crippen LogP) is 2.69. The van der Waals surface area contributed by atoms with Crippen LogP contribution in [0, 0.1) is 0 Å². The molecule has 1 aromatic carbocycles. The molecule has 4 heteroatoms. The van der Waals surface area contributed by atoms with Crippen LogP contribution < -0.4 is 5.73 Å². The van der Waals surface area contributed by atoms with Gasteiger partial charge in [-0.1, -0.05) is 6.92 Å². The van der Waals surface area contributed by atoms with Crippen LogP contribution in [-0.2, 0) is 6.42 Å². The summed E-state index contributed by atoms with van der Waals surface area (Å²) in [5.74, 6) is 1.15. The number of hydrogen-bond donors (Lipinski definition) is 1. The summed E-state index contributed by atoms with van der Waals surface area (Å²) < 4.78 is 2.36. The van der Waals surface area contributed by atoms with Crippen molar-refractivity contribution in [2.75, 3.05) is 26.4 Å². The van der Waals surface area contributed by atoms with E-state index in [0.717, 1.165) is 36.4 Å². The maximum atomic E-state index is 5.84. The lowest BCUT2D eigenvalue weighted by Gasteiger charge is -2.19. The fourth-order valence-electron chi connectivity index (χ4n) is 2.48. The van der Waals surface area contributed by atoms with Crippen LogP contribution in [0.3, 0.4) is 0 Å². The molecule has 1 heterocycles. The Morgan fingerprint density at radius 2 is 2.11 bits per heavy atom. The van der Waals surface area contributed by atoms with Crippen LogP contribution in [0.25, 0.3) is 11.0 Å². The first-order valence-electron chi connectivity index (χ1n) is 6.94. The van der Waals surface area contributed by atoms with Crippen molar-refractivity contribution in [1.82, 2.24) is 14.5 Å². The second-order valence-electron chi connectivity index (χ2n) is 5.44. The van der Waals surface area contributed by atoms with Gasteiger partial charge in [0.25, 0.3) is 0 Å². The zero-order valence-corrected chi connectivity index (χ0v) is 12.3. The number of nitrogen functional groups attached to an aromatic ring is 1. The van der Waals surface area contributed by atoms with Gasteiger partial charge in [0.15, 0.2) is 0 Å². The van der Waals surface area contributed by atoms with E-state index in [1.807, 2.05) is 12.1 Å². The summed E-state index contributed by atoms with van der Waals surface area (Å²) in [7, 11) is 4.22. The summed E-state index contributed by atoms with van der Waals surface area (Å²) in [6.45, 7) is 5.50. The molecule has 0 aliphatic heterocycles. The number of imidazole rings is 1. The minimum absolute atomic E-state index is 0.450. The quantitative estimate of drug-likeness (QED) is 0.841. The lowest BCUT2D eigenvalue weighted by Crippen LogP contribution is -2.18. The van der Waals surface area contributed by atoms with Crippen LogP contribution in [0.5, 0.6) is 0 Å². The summed E-state index contributed by atoms with van der Waals surface area (Å²) >= 11 is 0. The third kappa shape index (κ3) is 2.89. The normalized spacial score (nSPS) is 13.3. The van der Waals surface area contributed by atoms with E-state index >= 15 is 0 Å². The van der Waals surface area contributed by atoms with Gasteiger partial charge in [-0.05, 0) is 52.2 Å². The molecule has 0 amide bonds. The van der Waals surface area contributed by atoms with Crippen molar-refractivity contribution in [3.05, 3.63) is 24.0 Å². The Morgan fingerprint density at radius 3 is 2.74 bits per heavy atom. The Bertz CT molecular complexity index is 557. The van der Waals surface area contributed by atoms with Crippen LogP contribution in [-0.4, -0.2) is 35.1 Å². The molecular weight excluding hydrogens is 236 g/mol. The number of nitrogens with zero attached hydrogens (tertiary/aromatic N) is 3. The highest BCUT2D eigenvalue weighted by Gasteiger charge is 2.14. The molecule has 19 heavy (non-hydrogen) atoms. The van der Waals surface area contributed by atoms with E-state index in [4.69, 9.17) is 10.7 Å². The lowest BCUT2D eigenvalue weighted by atomic mass is 10.2. The number of benzene rings is 1. The molecule has 0 saturated heterocycles. The van der Waals surface area contributed by atoms with Gasteiger partial charge in [0.2, 0.25) is 0 Å². The summed E-state index contributed by atoms with van der Waals surface area (Å²) in [6, 6.07) is 6.46. The van der Waals surface area contributed by atoms with Crippen LogP contribution in [0.4, 0.5) is 5.69 Å². The second-order valence-corrected chi connectivity index (χ2v) is 5.44. The van der Waals surface area contributed by atoms with E-state index in [2.05, 4.69) is 43.5 Å². The second kappa shape index (κ2) is 5.61. The molecule has 2 aromatic rings. The summed E-state index contributed by atoms with van der Waals surface area (Å²) in [6.07, 6.45) is 2.07. The highest BCUT2D eigenvalue weighted by atomic mass is 15.1. The van der Waals surface area contributed by atoms with Crippen molar-refractivity contribution < 1.29 is 0 Å². The van der Waals surface area contributed by atoms with Crippen LogP contribution >= 0.6 is 0 Å². The van der Waals surface area contributed by atoms with Gasteiger partial charge in [-0.3, -0.25) is 0 Å². The smallest absolute Gasteiger partial charge is 0.109 e. The SMILES string of the molecule is CCc1nc2cc(N)ccc2n1C(C)CCN(C)C. The van der Waals surface area contributed by atoms with Gasteiger partial charge in [-0.15, -0.1) is 0 Å². The molecule has 2 N–H and O–H groups in total. The number of rotatable bonds is 5. The number of hydrogen-bond acceptors (Lipinski definition) is 3. The minimum atomic E-state index is 0.450. The number of fused-ring (bicyclic) bond motifs is 1. The van der Waals surface area contributed by atoms with Gasteiger partial charge in [0, 0.05) is 18.2 Å². The van der Waals surface area contributed by atoms with Gasteiger partial charge >= 0.3 is 0 Å². The molecule has 0 aliphatic rings. The summed E-state index contributed by atoms with van der Waals surface area (Å²) in [4.78, 5) is 6.93. The van der Waals surface area contributed by atoms with Crippen molar-refractivity contribution in [2.45, 2.75) is 32.7 Å². The van der Waals surface area contributed by atoms with E-state index in [1.54, 1.807) is 0 Å². The molecule has 1 aromatic heterocycles. The molecule has 0 fully saturated rings. The van der Waals surface area contributed by atoms with Crippen LogP contribution in [0.2, 0.25) is 0 Å². The molecule has 1 unspecified atom stereocenters. The Kier molecular flexibility index (Phi) is 4.10. The Hall–Kier alpha value is -1.55. The van der Waals surface area contributed by atoms with Crippen molar-refractivity contribution in [2.24, 2.45) is 0 Å². The van der Waals surface area contributed by atoms with Crippen molar-refractivity contribution in [3.8, 4) is 0 Å². The zero-order chi connectivity index (χ0) is 14.0. The van der Waals surface area contributed by atoms with Crippen LogP contribution in [0.15, 0.2) is 18.2 Å². The van der Waals surface area contributed by atoms with E-state index in [9.17, 15) is 0 Å². The average molecular weight is 260 g/mol. The van der Waals surface area contributed by atoms with Gasteiger partial charge < -0.3 is 15.2 Å². The summed E-state index contributed by atoms with van der Waals surface area (Å²) in [5, 5.41) is 0. The fraction of sp³-hybridized carbons (Fsp3) is 0.533. The molecule has 0 spiro atoms. The fourth-order valence-corrected chi connectivity index (χ4v) is 2.48. The number of aryl methyl sites for hydroxylation is 1. The Balaban J connectivity index is 2.39. The molecule has 4 nitrogen and oxygen atoms in total. The average Bonchev–Trinajstić information content (AvgIpc) is 2.73. The zero-order valence-electron chi connectivity index (χ0n) is 12.3. The van der Waals surface area contributed by atoms with Crippen molar-refractivity contribution in [1.29, 1.82) is 0 Å². The highest BCUT2D eigenvalue weighted by Crippen LogP contribution is 2.25. The van der Waals surface area contributed by atoms with E-state index in [1.165, 1.54) is 5.52 Å². The Labute approximate surface area is 115 Å². The van der Waals surface area contributed by atoms with Crippen LogP contribution in [0.1, 0.15) is 32.1 Å². The molecule has 0 saturated carbocycles. The molecule has 104 valence electrons. The molecular formula is C15H24N4. The number of nitrogens with two attached hydrogens (primary N) is 1. The third-order valence-electron chi connectivity index (χ3n) is 3.54.